The van der Waals surface area contributed by atoms with Crippen molar-refractivity contribution in [2.24, 2.45) is 0 Å². The second kappa shape index (κ2) is 8.53. The molecule has 1 aromatic carbocycles. The first-order valence-corrected chi connectivity index (χ1v) is 7.68. The number of hydrogen-bond acceptors (Lipinski definition) is 3. The van der Waals surface area contributed by atoms with E-state index in [9.17, 15) is 0 Å². The summed E-state index contributed by atoms with van der Waals surface area (Å²) in [5.41, 5.74) is 0. The number of rotatable bonds is 7. The van der Waals surface area contributed by atoms with Gasteiger partial charge in [0, 0.05) is 37.6 Å². The molecule has 0 saturated carbocycles. The van der Waals surface area contributed by atoms with Gasteiger partial charge in [0.05, 0.1) is 5.88 Å². The van der Waals surface area contributed by atoms with Gasteiger partial charge >= 0.3 is 0 Å². The molecule has 0 atom stereocenters. The van der Waals surface area contributed by atoms with Gasteiger partial charge in [-0.2, -0.15) is 0 Å². The quantitative estimate of drug-likeness (QED) is 0.600. The van der Waals surface area contributed by atoms with Gasteiger partial charge in [0.1, 0.15) is 0 Å². The lowest BCUT2D eigenvalue weighted by molar-refractivity contribution is 0.238. The van der Waals surface area contributed by atoms with Crippen molar-refractivity contribution < 1.29 is 0 Å². The third kappa shape index (κ3) is 5.40. The molecule has 1 heterocycles. The molecule has 1 radical (unpaired) electrons. The lowest BCUT2D eigenvalue weighted by atomic mass is 10.3. The maximum atomic E-state index is 4.57. The molecule has 18 heavy (non-hydrogen) atoms. The number of nitrogens with one attached hydrogen (secondary N) is 1. The summed E-state index contributed by atoms with van der Waals surface area (Å²) in [4.78, 5) is 3.83. The van der Waals surface area contributed by atoms with Gasteiger partial charge in [0.15, 0.2) is 0 Å². The van der Waals surface area contributed by atoms with E-state index in [0.29, 0.717) is 0 Å². The highest BCUT2D eigenvalue weighted by atomic mass is 32.2. The topological polar surface area (TPSA) is 29.4 Å². The predicted octanol–water partition coefficient (Wildman–Crippen LogP) is 1.64. The first-order chi connectivity index (χ1) is 8.95. The SMILES string of the molecule is c1ccc(SC[N]CCCN2CCNCC2)cc1. The van der Waals surface area contributed by atoms with Crippen LogP contribution in [0.2, 0.25) is 0 Å². The summed E-state index contributed by atoms with van der Waals surface area (Å²) < 4.78 is 0. The molecule has 1 aliphatic heterocycles. The van der Waals surface area contributed by atoms with Crippen molar-refractivity contribution in [1.82, 2.24) is 15.5 Å². The van der Waals surface area contributed by atoms with Gasteiger partial charge in [0.25, 0.3) is 0 Å². The van der Waals surface area contributed by atoms with Gasteiger partial charge in [-0.05, 0) is 25.1 Å². The van der Waals surface area contributed by atoms with Gasteiger partial charge in [0.2, 0.25) is 0 Å². The molecule has 0 bridgehead atoms. The molecule has 99 valence electrons. The van der Waals surface area contributed by atoms with Crippen molar-refractivity contribution in [3.63, 3.8) is 0 Å². The minimum absolute atomic E-state index is 0.881. The van der Waals surface area contributed by atoms with Crippen LogP contribution in [0.25, 0.3) is 0 Å². The number of piperazine rings is 1. The molecule has 0 unspecified atom stereocenters. The Bertz CT molecular complexity index is 312. The van der Waals surface area contributed by atoms with Crippen LogP contribution in [-0.4, -0.2) is 50.0 Å². The molecule has 3 nitrogen and oxygen atoms in total. The lowest BCUT2D eigenvalue weighted by Gasteiger charge is -2.26. The molecule has 4 heteroatoms. The molecule has 2 rings (SSSR count). The molecule has 1 fully saturated rings. The Labute approximate surface area is 114 Å². The van der Waals surface area contributed by atoms with Gasteiger partial charge in [-0.15, -0.1) is 11.8 Å². The molecule has 0 spiro atoms. The summed E-state index contributed by atoms with van der Waals surface area (Å²) in [5, 5.41) is 7.95. The zero-order chi connectivity index (χ0) is 12.5. The standard InChI is InChI=1S/C14H22N3S/c1-2-5-14(6-3-1)18-13-16-7-4-10-17-11-8-15-9-12-17/h1-3,5-6,15H,4,7-13H2. The van der Waals surface area contributed by atoms with Crippen LogP contribution in [-0.2, 0) is 0 Å². The molecule has 1 aromatic rings. The van der Waals surface area contributed by atoms with Crippen LogP contribution in [0, 0.1) is 0 Å². The van der Waals surface area contributed by atoms with E-state index in [2.05, 4.69) is 45.9 Å². The lowest BCUT2D eigenvalue weighted by Crippen LogP contribution is -2.44. The number of nitrogens with zero attached hydrogens (tertiary/aromatic N) is 2. The molecule has 1 N–H and O–H groups in total. The van der Waals surface area contributed by atoms with Gasteiger partial charge in [-0.1, -0.05) is 18.2 Å². The van der Waals surface area contributed by atoms with E-state index in [1.807, 2.05) is 11.8 Å². The second-order valence-corrected chi connectivity index (χ2v) is 5.50. The summed E-state index contributed by atoms with van der Waals surface area (Å²) >= 11 is 1.82. The fourth-order valence-corrected chi connectivity index (χ4v) is 2.76. The minimum Gasteiger partial charge on any atom is -0.314 e. The minimum atomic E-state index is 0.881. The molecule has 1 saturated heterocycles. The molecule has 0 amide bonds. The predicted molar refractivity (Wildman–Crippen MR) is 78.1 cm³/mol. The Morgan fingerprint density at radius 3 is 2.72 bits per heavy atom. The van der Waals surface area contributed by atoms with Crippen molar-refractivity contribution >= 4 is 11.8 Å². The summed E-state index contributed by atoms with van der Waals surface area (Å²) in [6, 6.07) is 10.5. The Kier molecular flexibility index (Phi) is 6.58. The molecular weight excluding hydrogens is 242 g/mol. The van der Waals surface area contributed by atoms with E-state index >= 15 is 0 Å². The highest BCUT2D eigenvalue weighted by Crippen LogP contribution is 2.15. The maximum absolute atomic E-state index is 4.57. The average molecular weight is 264 g/mol. The monoisotopic (exact) mass is 264 g/mol. The van der Waals surface area contributed by atoms with E-state index in [4.69, 9.17) is 0 Å². The maximum Gasteiger partial charge on any atom is 0.0637 e. The zero-order valence-corrected chi connectivity index (χ0v) is 11.7. The summed E-state index contributed by atoms with van der Waals surface area (Å²) in [5.74, 6) is 0.881. The number of hydrogen-bond donors (Lipinski definition) is 1. The third-order valence-electron chi connectivity index (χ3n) is 3.07. The molecule has 0 aliphatic carbocycles. The second-order valence-electron chi connectivity index (χ2n) is 4.48. The van der Waals surface area contributed by atoms with Crippen LogP contribution in [0.5, 0.6) is 0 Å². The fourth-order valence-electron chi connectivity index (χ4n) is 2.04. The van der Waals surface area contributed by atoms with Crippen molar-refractivity contribution in [3.8, 4) is 0 Å². The van der Waals surface area contributed by atoms with Crippen LogP contribution >= 0.6 is 11.8 Å². The van der Waals surface area contributed by atoms with Crippen LogP contribution in [0.4, 0.5) is 0 Å². The Morgan fingerprint density at radius 2 is 1.94 bits per heavy atom. The van der Waals surface area contributed by atoms with E-state index in [0.717, 1.165) is 25.5 Å². The largest absolute Gasteiger partial charge is 0.314 e. The van der Waals surface area contributed by atoms with Crippen molar-refractivity contribution in [2.45, 2.75) is 11.3 Å². The van der Waals surface area contributed by atoms with Crippen molar-refractivity contribution in [3.05, 3.63) is 30.3 Å². The average Bonchev–Trinajstić information content (AvgIpc) is 2.45. The van der Waals surface area contributed by atoms with E-state index in [-0.39, 0.29) is 0 Å². The zero-order valence-electron chi connectivity index (χ0n) is 10.8. The Morgan fingerprint density at radius 1 is 1.17 bits per heavy atom. The van der Waals surface area contributed by atoms with Crippen LogP contribution < -0.4 is 10.6 Å². The highest BCUT2D eigenvalue weighted by Gasteiger charge is 2.07. The van der Waals surface area contributed by atoms with Crippen LogP contribution in [0.1, 0.15) is 6.42 Å². The van der Waals surface area contributed by atoms with Gasteiger partial charge in [-0.3, -0.25) is 0 Å². The van der Waals surface area contributed by atoms with Crippen molar-refractivity contribution in [2.75, 3.05) is 45.1 Å². The Hall–Kier alpha value is -0.550. The van der Waals surface area contributed by atoms with Gasteiger partial charge in [-0.25, -0.2) is 5.32 Å². The molecule has 0 aromatic heterocycles. The summed E-state index contributed by atoms with van der Waals surface area (Å²) in [6.07, 6.45) is 1.19. The Balaban J connectivity index is 1.46. The van der Waals surface area contributed by atoms with Gasteiger partial charge < -0.3 is 10.2 Å². The fraction of sp³-hybridized carbons (Fsp3) is 0.571. The first-order valence-electron chi connectivity index (χ1n) is 6.69. The highest BCUT2D eigenvalue weighted by molar-refractivity contribution is 7.99. The van der Waals surface area contributed by atoms with E-state index in [1.54, 1.807) is 0 Å². The smallest absolute Gasteiger partial charge is 0.0637 e. The summed E-state index contributed by atoms with van der Waals surface area (Å²) in [6.45, 7) is 6.85. The third-order valence-corrected chi connectivity index (χ3v) is 3.98. The molecular formula is C14H22N3S. The first kappa shape index (κ1) is 13.9. The van der Waals surface area contributed by atoms with Crippen LogP contribution in [0.3, 0.4) is 0 Å². The van der Waals surface area contributed by atoms with E-state index < -0.39 is 0 Å². The normalized spacial score (nSPS) is 16.9. The van der Waals surface area contributed by atoms with E-state index in [1.165, 1.54) is 31.0 Å². The van der Waals surface area contributed by atoms with Crippen LogP contribution in [0.15, 0.2) is 35.2 Å². The summed E-state index contributed by atoms with van der Waals surface area (Å²) in [7, 11) is 0. The number of benzene rings is 1. The molecule has 1 aliphatic rings. The van der Waals surface area contributed by atoms with Crippen molar-refractivity contribution in [1.29, 1.82) is 0 Å². The number of thioether (sulfide) groups is 1.